The maximum Gasteiger partial charge on any atom is 0.255 e. The molecule has 2 heterocycles. The average molecular weight is 431 g/mol. The molecular formula is C20H16Cl2N4O3. The molecule has 0 bridgehead atoms. The van der Waals surface area contributed by atoms with Crippen LogP contribution in [0.1, 0.15) is 25.8 Å². The highest BCUT2D eigenvalue weighted by Gasteiger charge is 2.29. The number of nitriles is 1. The van der Waals surface area contributed by atoms with E-state index in [1.54, 1.807) is 12.1 Å². The lowest BCUT2D eigenvalue weighted by molar-refractivity contribution is -0.124. The number of hydrogen-bond donors (Lipinski definition) is 0. The zero-order valence-electron chi connectivity index (χ0n) is 15.7. The third-order valence-electron chi connectivity index (χ3n) is 4.54. The van der Waals surface area contributed by atoms with Crippen molar-refractivity contribution in [3.63, 3.8) is 0 Å². The van der Waals surface area contributed by atoms with E-state index in [-0.39, 0.29) is 39.7 Å². The summed E-state index contributed by atoms with van der Waals surface area (Å²) in [4.78, 5) is 40.0. The first-order chi connectivity index (χ1) is 13.7. The molecule has 29 heavy (non-hydrogen) atoms. The maximum absolute atomic E-state index is 12.2. The van der Waals surface area contributed by atoms with E-state index >= 15 is 0 Å². The van der Waals surface area contributed by atoms with Gasteiger partial charge in [-0.1, -0.05) is 37.0 Å². The van der Waals surface area contributed by atoms with E-state index in [1.165, 1.54) is 12.1 Å². The van der Waals surface area contributed by atoms with Crippen LogP contribution in [0.2, 0.25) is 10.0 Å². The van der Waals surface area contributed by atoms with Gasteiger partial charge in [-0.25, -0.2) is 0 Å². The molecule has 0 aliphatic carbocycles. The van der Waals surface area contributed by atoms with Crippen molar-refractivity contribution in [2.45, 2.75) is 26.7 Å². The second-order valence-corrected chi connectivity index (χ2v) is 7.73. The fourth-order valence-electron chi connectivity index (χ4n) is 3.02. The number of carbonyl (C=O) groups excluding carboxylic acids is 3. The molecule has 0 unspecified atom stereocenters. The predicted octanol–water partition coefficient (Wildman–Crippen LogP) is 3.33. The van der Waals surface area contributed by atoms with Gasteiger partial charge in [0.1, 0.15) is 12.6 Å². The third kappa shape index (κ3) is 4.29. The molecular weight excluding hydrogens is 415 g/mol. The van der Waals surface area contributed by atoms with Gasteiger partial charge in [0, 0.05) is 27.8 Å². The summed E-state index contributed by atoms with van der Waals surface area (Å²) in [5.74, 6) is -1.12. The van der Waals surface area contributed by atoms with Gasteiger partial charge in [-0.05, 0) is 29.7 Å². The number of amides is 1. The molecule has 0 fully saturated rings. The summed E-state index contributed by atoms with van der Waals surface area (Å²) >= 11 is 12.8. The molecule has 0 atom stereocenters. The maximum atomic E-state index is 12.2. The second kappa shape index (κ2) is 8.27. The van der Waals surface area contributed by atoms with E-state index in [2.05, 4.69) is 10.1 Å². The van der Waals surface area contributed by atoms with E-state index in [9.17, 15) is 14.4 Å². The minimum atomic E-state index is -0.625. The first-order valence-corrected chi connectivity index (χ1v) is 9.57. The molecule has 9 heteroatoms. The van der Waals surface area contributed by atoms with Crippen LogP contribution in [0.3, 0.4) is 0 Å². The minimum Gasteiger partial charge on any atom is -0.292 e. The summed E-state index contributed by atoms with van der Waals surface area (Å²) in [7, 11) is 0. The van der Waals surface area contributed by atoms with Gasteiger partial charge in [0.2, 0.25) is 11.5 Å². The van der Waals surface area contributed by atoms with Crippen LogP contribution in [0.5, 0.6) is 0 Å². The Morgan fingerprint density at radius 1 is 1.17 bits per heavy atom. The first kappa shape index (κ1) is 20.9. The quantitative estimate of drug-likeness (QED) is 0.683. The molecule has 7 nitrogen and oxygen atoms in total. The average Bonchev–Trinajstić information content (AvgIpc) is 2.65. The number of hydrazone groups is 1. The van der Waals surface area contributed by atoms with Crippen LogP contribution in [-0.4, -0.2) is 35.4 Å². The van der Waals surface area contributed by atoms with E-state index in [4.69, 9.17) is 28.5 Å². The van der Waals surface area contributed by atoms with E-state index in [0.717, 1.165) is 5.01 Å². The number of anilines is 1. The third-order valence-corrected chi connectivity index (χ3v) is 5.21. The lowest BCUT2D eigenvalue weighted by Crippen LogP contribution is -2.36. The number of rotatable bonds is 4. The number of benzene rings is 1. The van der Waals surface area contributed by atoms with Gasteiger partial charge in [-0.2, -0.15) is 15.4 Å². The molecule has 0 spiro atoms. The summed E-state index contributed by atoms with van der Waals surface area (Å²) < 4.78 is 0. The zero-order chi connectivity index (χ0) is 21.3. The van der Waals surface area contributed by atoms with Crippen LogP contribution in [0.15, 0.2) is 33.9 Å². The number of halogens is 2. The van der Waals surface area contributed by atoms with E-state index in [1.807, 2.05) is 13.8 Å². The number of carbonyl (C=O) groups is 3. The van der Waals surface area contributed by atoms with Crippen molar-refractivity contribution in [1.29, 1.82) is 5.26 Å². The number of aliphatic imine (C=N–C) groups is 1. The Morgan fingerprint density at radius 2 is 1.83 bits per heavy atom. The summed E-state index contributed by atoms with van der Waals surface area (Å²) in [5.41, 5.74) is 1.89. The van der Waals surface area contributed by atoms with Crippen LogP contribution in [0.25, 0.3) is 0 Å². The molecule has 0 N–H and O–H groups in total. The molecule has 0 saturated heterocycles. The van der Waals surface area contributed by atoms with Gasteiger partial charge in [0.25, 0.3) is 5.91 Å². The number of ketones is 2. The van der Waals surface area contributed by atoms with Crippen LogP contribution < -0.4 is 5.01 Å². The lowest BCUT2D eigenvalue weighted by atomic mass is 9.93. The van der Waals surface area contributed by atoms with Crippen molar-refractivity contribution < 1.29 is 14.4 Å². The molecule has 2 aliphatic heterocycles. The number of allylic oxidation sites excluding steroid dienone is 1. The predicted molar refractivity (Wildman–Crippen MR) is 111 cm³/mol. The van der Waals surface area contributed by atoms with Crippen LogP contribution in [0.4, 0.5) is 5.69 Å². The van der Waals surface area contributed by atoms with E-state index in [0.29, 0.717) is 23.3 Å². The fourth-order valence-corrected chi connectivity index (χ4v) is 3.63. The number of dihydropyridines is 1. The van der Waals surface area contributed by atoms with Gasteiger partial charge in [0.15, 0.2) is 5.78 Å². The monoisotopic (exact) mass is 430 g/mol. The SMILES string of the molecule is CC(C)C1=CC(Cc2c(Cl)cc(N3N=C(C#N)C(=O)CC3=O)cc2Cl)=NCC1=O. The Bertz CT molecular complexity index is 1040. The topological polar surface area (TPSA) is 103 Å². The molecule has 1 amide bonds. The van der Waals surface area contributed by atoms with Crippen molar-refractivity contribution in [3.8, 4) is 6.07 Å². The summed E-state index contributed by atoms with van der Waals surface area (Å²) in [6, 6.07) is 4.67. The number of nitrogens with zero attached hydrogens (tertiary/aromatic N) is 4. The highest BCUT2D eigenvalue weighted by molar-refractivity contribution is 6.50. The molecule has 0 radical (unpaired) electrons. The Labute approximate surface area is 177 Å². The highest BCUT2D eigenvalue weighted by Crippen LogP contribution is 2.33. The molecule has 2 aliphatic rings. The highest BCUT2D eigenvalue weighted by atomic mass is 35.5. The number of Topliss-reactive ketones (excluding diaryl/α,β-unsaturated/α-hetero) is 2. The van der Waals surface area contributed by atoms with Crippen molar-refractivity contribution in [2.75, 3.05) is 11.6 Å². The van der Waals surface area contributed by atoms with Crippen molar-refractivity contribution in [2.24, 2.45) is 16.0 Å². The molecule has 1 aromatic carbocycles. The standard InChI is InChI=1S/C20H16Cl2N4O3/c1-10(2)13-3-11(24-9-19(13)28)4-14-15(21)5-12(6-16(14)22)26-20(29)7-18(27)17(8-23)25-26/h3,5-6,10H,4,7,9H2,1-2H3. The fraction of sp³-hybridized carbons (Fsp3) is 0.300. The lowest BCUT2D eigenvalue weighted by Gasteiger charge is -2.22. The molecule has 1 aromatic rings. The van der Waals surface area contributed by atoms with Gasteiger partial charge in [0.05, 0.1) is 12.1 Å². The van der Waals surface area contributed by atoms with Crippen molar-refractivity contribution in [1.82, 2.24) is 0 Å². The Morgan fingerprint density at radius 3 is 2.41 bits per heavy atom. The van der Waals surface area contributed by atoms with Crippen molar-refractivity contribution in [3.05, 3.63) is 39.4 Å². The summed E-state index contributed by atoms with van der Waals surface area (Å²) in [6.45, 7) is 3.98. The molecule has 0 saturated carbocycles. The normalized spacial score (nSPS) is 17.2. The molecule has 148 valence electrons. The van der Waals surface area contributed by atoms with Crippen LogP contribution in [0, 0.1) is 17.2 Å². The Kier molecular flexibility index (Phi) is 5.96. The summed E-state index contributed by atoms with van der Waals surface area (Å²) in [6.07, 6.45) is 1.64. The second-order valence-electron chi connectivity index (χ2n) is 6.92. The molecule has 0 aromatic heterocycles. The first-order valence-electron chi connectivity index (χ1n) is 8.82. The Hall–Kier alpha value is -2.82. The Balaban J connectivity index is 1.92. The van der Waals surface area contributed by atoms with Gasteiger partial charge in [-0.3, -0.25) is 19.4 Å². The van der Waals surface area contributed by atoms with Crippen LogP contribution >= 0.6 is 23.2 Å². The largest absolute Gasteiger partial charge is 0.292 e. The summed E-state index contributed by atoms with van der Waals surface area (Å²) in [5, 5.41) is 14.3. The van der Waals surface area contributed by atoms with E-state index < -0.39 is 18.1 Å². The molecule has 3 rings (SSSR count). The number of hydrogen-bond acceptors (Lipinski definition) is 6. The van der Waals surface area contributed by atoms with Gasteiger partial charge < -0.3 is 0 Å². The smallest absolute Gasteiger partial charge is 0.255 e. The minimum absolute atomic E-state index is 0.000563. The zero-order valence-corrected chi connectivity index (χ0v) is 17.2. The van der Waals surface area contributed by atoms with Crippen LogP contribution in [-0.2, 0) is 20.8 Å². The van der Waals surface area contributed by atoms with Gasteiger partial charge >= 0.3 is 0 Å². The van der Waals surface area contributed by atoms with Crippen molar-refractivity contribution >= 4 is 57.8 Å². The van der Waals surface area contributed by atoms with Gasteiger partial charge in [-0.15, -0.1) is 0 Å².